The van der Waals surface area contributed by atoms with Gasteiger partial charge in [-0.3, -0.25) is 9.48 Å². The number of halogens is 1. The van der Waals surface area contributed by atoms with Crippen molar-refractivity contribution in [3.05, 3.63) is 48.0 Å². The molecule has 1 unspecified atom stereocenters. The van der Waals surface area contributed by atoms with E-state index >= 15 is 0 Å². The summed E-state index contributed by atoms with van der Waals surface area (Å²) in [6.07, 6.45) is 2.82. The summed E-state index contributed by atoms with van der Waals surface area (Å²) in [6.45, 7) is 4.67. The van der Waals surface area contributed by atoms with Gasteiger partial charge in [-0.2, -0.15) is 5.10 Å². The predicted octanol–water partition coefficient (Wildman–Crippen LogP) is 2.58. The number of hydrogen-bond donors (Lipinski definition) is 2. The van der Waals surface area contributed by atoms with Gasteiger partial charge in [-0.25, -0.2) is 9.18 Å². The summed E-state index contributed by atoms with van der Waals surface area (Å²) in [6, 6.07) is 5.83. The van der Waals surface area contributed by atoms with Gasteiger partial charge in [-0.15, -0.1) is 0 Å². The van der Waals surface area contributed by atoms with Crippen LogP contribution in [0.5, 0.6) is 0 Å². The molecule has 1 aromatic heterocycles. The summed E-state index contributed by atoms with van der Waals surface area (Å²) in [7, 11) is 0. The fourth-order valence-electron chi connectivity index (χ4n) is 1.97. The van der Waals surface area contributed by atoms with Gasteiger partial charge in [0.15, 0.2) is 5.54 Å². The van der Waals surface area contributed by atoms with Crippen molar-refractivity contribution >= 4 is 17.6 Å². The van der Waals surface area contributed by atoms with E-state index < -0.39 is 23.2 Å². The lowest BCUT2D eigenvalue weighted by molar-refractivity contribution is -0.146. The molecule has 1 aromatic carbocycles. The minimum absolute atomic E-state index is 0.330. The van der Waals surface area contributed by atoms with E-state index in [1.54, 1.807) is 19.1 Å². The van der Waals surface area contributed by atoms with Crippen LogP contribution >= 0.6 is 0 Å². The molecule has 2 N–H and O–H groups in total. The van der Waals surface area contributed by atoms with Gasteiger partial charge in [-0.05, 0) is 38.5 Å². The Balaban J connectivity index is 2.12. The lowest BCUT2D eigenvalue weighted by Crippen LogP contribution is -2.35. The molecule has 1 heterocycles. The first-order chi connectivity index (χ1) is 10.7. The quantitative estimate of drug-likeness (QED) is 0.887. The van der Waals surface area contributed by atoms with Crippen LogP contribution in [0.25, 0.3) is 0 Å². The molecule has 0 saturated heterocycles. The maximum atomic E-state index is 13.2. The minimum Gasteiger partial charge on any atom is -0.479 e. The zero-order valence-corrected chi connectivity index (χ0v) is 13.1. The number of hydrogen-bond acceptors (Lipinski definition) is 3. The zero-order chi connectivity index (χ0) is 17.2. The third-order valence-corrected chi connectivity index (χ3v) is 3.69. The minimum atomic E-state index is -1.23. The highest BCUT2D eigenvalue weighted by Gasteiger charge is 2.30. The Kier molecular flexibility index (Phi) is 4.49. The van der Waals surface area contributed by atoms with Crippen molar-refractivity contribution in [3.63, 3.8) is 0 Å². The number of nitrogens with zero attached hydrogens (tertiary/aromatic N) is 2. The Labute approximate surface area is 132 Å². The van der Waals surface area contributed by atoms with Crippen LogP contribution in [-0.2, 0) is 15.1 Å². The SMILES string of the molecule is CC(C(=O)Nc1cnn(C(C)(C)C(=O)O)c1)c1cccc(F)c1. The molecule has 0 saturated carbocycles. The predicted molar refractivity (Wildman–Crippen MR) is 82.6 cm³/mol. The summed E-state index contributed by atoms with van der Waals surface area (Å²) in [5.41, 5.74) is -0.287. The standard InChI is InChI=1S/C16H18FN3O3/c1-10(11-5-4-6-12(17)7-11)14(21)19-13-8-18-20(9-13)16(2,3)15(22)23/h4-10H,1-3H3,(H,19,21)(H,22,23). The molecule has 0 spiro atoms. The van der Waals surface area contributed by atoms with Crippen LogP contribution in [0.3, 0.4) is 0 Å². The summed E-state index contributed by atoms with van der Waals surface area (Å²) < 4.78 is 14.5. The van der Waals surface area contributed by atoms with Gasteiger partial charge in [0.2, 0.25) is 5.91 Å². The van der Waals surface area contributed by atoms with E-state index in [0.29, 0.717) is 11.3 Å². The van der Waals surface area contributed by atoms with Crippen molar-refractivity contribution in [2.75, 3.05) is 5.32 Å². The Hall–Kier alpha value is -2.70. The second-order valence-electron chi connectivity index (χ2n) is 5.80. The molecule has 0 aliphatic heterocycles. The molecular formula is C16H18FN3O3. The molecule has 122 valence electrons. The number of carbonyl (C=O) groups is 2. The van der Waals surface area contributed by atoms with Crippen LogP contribution in [0.15, 0.2) is 36.7 Å². The highest BCUT2D eigenvalue weighted by atomic mass is 19.1. The number of rotatable bonds is 5. The number of benzene rings is 1. The van der Waals surface area contributed by atoms with Crippen LogP contribution in [-0.4, -0.2) is 26.8 Å². The van der Waals surface area contributed by atoms with E-state index in [1.165, 1.54) is 43.1 Å². The number of amides is 1. The highest BCUT2D eigenvalue weighted by Crippen LogP contribution is 2.21. The van der Waals surface area contributed by atoms with Crippen LogP contribution < -0.4 is 5.32 Å². The lowest BCUT2D eigenvalue weighted by Gasteiger charge is -2.19. The number of carboxylic acid groups (broad SMARTS) is 1. The van der Waals surface area contributed by atoms with Gasteiger partial charge >= 0.3 is 5.97 Å². The van der Waals surface area contributed by atoms with Gasteiger partial charge < -0.3 is 10.4 Å². The van der Waals surface area contributed by atoms with Crippen LogP contribution in [0.2, 0.25) is 0 Å². The highest BCUT2D eigenvalue weighted by molar-refractivity contribution is 5.95. The number of carbonyl (C=O) groups excluding carboxylic acids is 1. The van der Waals surface area contributed by atoms with Crippen molar-refractivity contribution in [2.45, 2.75) is 32.2 Å². The topological polar surface area (TPSA) is 84.2 Å². The molecule has 1 atom stereocenters. The number of carboxylic acids is 1. The first kappa shape index (κ1) is 16.7. The van der Waals surface area contributed by atoms with E-state index in [9.17, 15) is 14.0 Å². The maximum Gasteiger partial charge on any atom is 0.331 e. The summed E-state index contributed by atoms with van der Waals surface area (Å²) >= 11 is 0. The molecule has 0 aliphatic carbocycles. The molecule has 0 fully saturated rings. The number of nitrogens with one attached hydrogen (secondary N) is 1. The lowest BCUT2D eigenvalue weighted by atomic mass is 10.0. The van der Waals surface area contributed by atoms with Gasteiger partial charge in [0, 0.05) is 6.20 Å². The van der Waals surface area contributed by atoms with Crippen molar-refractivity contribution in [3.8, 4) is 0 Å². The van der Waals surface area contributed by atoms with E-state index in [2.05, 4.69) is 10.4 Å². The second kappa shape index (κ2) is 6.20. The Bertz CT molecular complexity index is 740. The smallest absolute Gasteiger partial charge is 0.331 e. The van der Waals surface area contributed by atoms with Crippen molar-refractivity contribution < 1.29 is 19.1 Å². The average molecular weight is 319 g/mol. The summed E-state index contributed by atoms with van der Waals surface area (Å²) in [5, 5.41) is 15.8. The van der Waals surface area contributed by atoms with Crippen molar-refractivity contribution in [1.82, 2.24) is 9.78 Å². The number of aromatic nitrogens is 2. The zero-order valence-electron chi connectivity index (χ0n) is 13.1. The second-order valence-corrected chi connectivity index (χ2v) is 5.80. The monoisotopic (exact) mass is 319 g/mol. The van der Waals surface area contributed by atoms with Gasteiger partial charge in [0.05, 0.1) is 17.8 Å². The Morgan fingerprint density at radius 3 is 2.70 bits per heavy atom. The normalized spacial score (nSPS) is 12.7. The molecule has 23 heavy (non-hydrogen) atoms. The van der Waals surface area contributed by atoms with E-state index in [4.69, 9.17) is 5.11 Å². The average Bonchev–Trinajstić information content (AvgIpc) is 2.95. The van der Waals surface area contributed by atoms with Crippen LogP contribution in [0, 0.1) is 5.82 Å². The van der Waals surface area contributed by atoms with Gasteiger partial charge in [0.25, 0.3) is 0 Å². The fourth-order valence-corrected chi connectivity index (χ4v) is 1.97. The maximum absolute atomic E-state index is 13.2. The Morgan fingerprint density at radius 1 is 1.39 bits per heavy atom. The molecule has 0 radical (unpaired) electrons. The summed E-state index contributed by atoms with van der Waals surface area (Å²) in [5.74, 6) is -2.32. The molecular weight excluding hydrogens is 301 g/mol. The Morgan fingerprint density at radius 2 is 2.09 bits per heavy atom. The molecule has 0 bridgehead atoms. The van der Waals surface area contributed by atoms with Crippen LogP contribution in [0.1, 0.15) is 32.3 Å². The first-order valence-corrected chi connectivity index (χ1v) is 7.06. The van der Waals surface area contributed by atoms with E-state index in [0.717, 1.165) is 0 Å². The first-order valence-electron chi connectivity index (χ1n) is 7.06. The third kappa shape index (κ3) is 3.56. The molecule has 0 aliphatic rings. The fraction of sp³-hybridized carbons (Fsp3) is 0.312. The largest absolute Gasteiger partial charge is 0.479 e. The molecule has 2 rings (SSSR count). The van der Waals surface area contributed by atoms with E-state index in [-0.39, 0.29) is 5.91 Å². The number of anilines is 1. The molecule has 1 amide bonds. The van der Waals surface area contributed by atoms with E-state index in [1.807, 2.05) is 0 Å². The molecule has 7 heteroatoms. The van der Waals surface area contributed by atoms with Crippen molar-refractivity contribution in [2.24, 2.45) is 0 Å². The van der Waals surface area contributed by atoms with Gasteiger partial charge in [-0.1, -0.05) is 12.1 Å². The summed E-state index contributed by atoms with van der Waals surface area (Å²) in [4.78, 5) is 23.4. The van der Waals surface area contributed by atoms with Crippen LogP contribution in [0.4, 0.5) is 10.1 Å². The number of aliphatic carboxylic acids is 1. The molecule has 6 nitrogen and oxygen atoms in total. The molecule has 2 aromatic rings. The third-order valence-electron chi connectivity index (χ3n) is 3.69. The van der Waals surface area contributed by atoms with Crippen molar-refractivity contribution in [1.29, 1.82) is 0 Å². The van der Waals surface area contributed by atoms with Gasteiger partial charge in [0.1, 0.15) is 5.82 Å².